The molecule has 0 atom stereocenters. The number of nitrogens with zero attached hydrogens (tertiary/aromatic N) is 1. The van der Waals surface area contributed by atoms with Gasteiger partial charge in [0, 0.05) is 6.54 Å². The van der Waals surface area contributed by atoms with Gasteiger partial charge < -0.3 is 11.5 Å². The minimum absolute atomic E-state index is 0.184. The summed E-state index contributed by atoms with van der Waals surface area (Å²) in [4.78, 5) is 4.06. The second-order valence-electron chi connectivity index (χ2n) is 3.34. The standard InChI is InChI=1S/C9H22N6/c1-2-3-4-5-6-7-13-9(12)15-14-8(10)11/h2-7H2,1H3,(H4,10,11,14)(H3,12,13,15). The summed E-state index contributed by atoms with van der Waals surface area (Å²) in [6.45, 7) is 2.90. The van der Waals surface area contributed by atoms with Gasteiger partial charge in [-0.3, -0.25) is 21.3 Å². The van der Waals surface area contributed by atoms with Gasteiger partial charge in [0.2, 0.25) is 11.9 Å². The van der Waals surface area contributed by atoms with Crippen molar-refractivity contribution < 1.29 is 0 Å². The Morgan fingerprint density at radius 3 is 2.40 bits per heavy atom. The molecular weight excluding hydrogens is 192 g/mol. The van der Waals surface area contributed by atoms with Crippen LogP contribution >= 0.6 is 0 Å². The van der Waals surface area contributed by atoms with Crippen molar-refractivity contribution in [3.8, 4) is 0 Å². The lowest BCUT2D eigenvalue weighted by atomic mass is 10.2. The number of aliphatic imine (C=N–C) groups is 1. The zero-order valence-corrected chi connectivity index (χ0v) is 9.34. The van der Waals surface area contributed by atoms with Crippen LogP contribution in [0.25, 0.3) is 0 Å². The molecule has 0 aliphatic carbocycles. The lowest BCUT2D eigenvalue weighted by molar-refractivity contribution is 0.637. The zero-order valence-electron chi connectivity index (χ0n) is 9.34. The molecule has 0 aromatic heterocycles. The average molecular weight is 214 g/mol. The van der Waals surface area contributed by atoms with Gasteiger partial charge in [-0.05, 0) is 6.42 Å². The van der Waals surface area contributed by atoms with E-state index >= 15 is 0 Å². The van der Waals surface area contributed by atoms with Crippen molar-refractivity contribution in [1.82, 2.24) is 10.9 Å². The number of hydrogen-bond acceptors (Lipinski definition) is 2. The molecule has 6 heteroatoms. The number of nitrogens with one attached hydrogen (secondary N) is 3. The molecule has 6 nitrogen and oxygen atoms in total. The van der Waals surface area contributed by atoms with Crippen LogP contribution in [-0.4, -0.2) is 18.5 Å². The summed E-state index contributed by atoms with van der Waals surface area (Å²) in [6, 6.07) is 0. The van der Waals surface area contributed by atoms with E-state index in [1.54, 1.807) is 0 Å². The molecule has 0 saturated carbocycles. The molecule has 0 aromatic rings. The monoisotopic (exact) mass is 214 g/mol. The van der Waals surface area contributed by atoms with Crippen molar-refractivity contribution in [2.45, 2.75) is 39.0 Å². The van der Waals surface area contributed by atoms with E-state index in [1.165, 1.54) is 25.7 Å². The third kappa shape index (κ3) is 10.5. The van der Waals surface area contributed by atoms with Crippen LogP contribution in [0.5, 0.6) is 0 Å². The van der Waals surface area contributed by atoms with Gasteiger partial charge >= 0.3 is 0 Å². The smallest absolute Gasteiger partial charge is 0.207 e. The van der Waals surface area contributed by atoms with Crippen LogP contribution in [0.4, 0.5) is 0 Å². The molecule has 15 heavy (non-hydrogen) atoms. The third-order valence-corrected chi connectivity index (χ3v) is 1.87. The highest BCUT2D eigenvalue weighted by atomic mass is 15.4. The quantitative estimate of drug-likeness (QED) is 0.189. The molecule has 0 aliphatic rings. The first-order valence-electron chi connectivity index (χ1n) is 5.32. The molecule has 0 radical (unpaired) electrons. The highest BCUT2D eigenvalue weighted by Crippen LogP contribution is 2.01. The van der Waals surface area contributed by atoms with Gasteiger partial charge in [-0.1, -0.05) is 32.6 Å². The zero-order chi connectivity index (χ0) is 11.5. The van der Waals surface area contributed by atoms with Crippen LogP contribution in [0, 0.1) is 5.41 Å². The van der Waals surface area contributed by atoms with Crippen molar-refractivity contribution in [2.24, 2.45) is 16.5 Å². The third-order valence-electron chi connectivity index (χ3n) is 1.87. The molecule has 88 valence electrons. The van der Waals surface area contributed by atoms with E-state index in [2.05, 4.69) is 22.8 Å². The number of hydrazine groups is 1. The minimum Gasteiger partial charge on any atom is -0.369 e. The SMILES string of the molecule is CCCCCCCN=C(N)NNC(=N)N. The van der Waals surface area contributed by atoms with E-state index in [-0.39, 0.29) is 11.9 Å². The van der Waals surface area contributed by atoms with Crippen molar-refractivity contribution in [1.29, 1.82) is 5.41 Å². The van der Waals surface area contributed by atoms with Crippen molar-refractivity contribution in [3.05, 3.63) is 0 Å². The first-order valence-corrected chi connectivity index (χ1v) is 5.32. The Hall–Kier alpha value is -1.46. The van der Waals surface area contributed by atoms with E-state index < -0.39 is 0 Å². The molecule has 0 amide bonds. The fourth-order valence-electron chi connectivity index (χ4n) is 1.09. The second-order valence-corrected chi connectivity index (χ2v) is 3.34. The molecule has 0 unspecified atom stereocenters. The minimum atomic E-state index is -0.184. The van der Waals surface area contributed by atoms with Crippen LogP contribution in [0.15, 0.2) is 4.99 Å². The summed E-state index contributed by atoms with van der Waals surface area (Å²) in [7, 11) is 0. The predicted molar refractivity (Wildman–Crippen MR) is 63.4 cm³/mol. The van der Waals surface area contributed by atoms with Crippen LogP contribution in [-0.2, 0) is 0 Å². The van der Waals surface area contributed by atoms with Crippen LogP contribution < -0.4 is 22.3 Å². The molecule has 0 aliphatic heterocycles. The van der Waals surface area contributed by atoms with Gasteiger partial charge in [0.1, 0.15) is 0 Å². The molecule has 0 bridgehead atoms. The largest absolute Gasteiger partial charge is 0.369 e. The summed E-state index contributed by atoms with van der Waals surface area (Å²) < 4.78 is 0. The van der Waals surface area contributed by atoms with Crippen LogP contribution in [0.3, 0.4) is 0 Å². The number of hydrogen-bond donors (Lipinski definition) is 5. The molecule has 0 fully saturated rings. The molecule has 0 aromatic carbocycles. The Balaban J connectivity index is 3.37. The van der Waals surface area contributed by atoms with Gasteiger partial charge in [0.25, 0.3) is 0 Å². The predicted octanol–water partition coefficient (Wildman–Crippen LogP) is 0.259. The Bertz CT molecular complexity index is 201. The Kier molecular flexibility index (Phi) is 8.22. The molecular formula is C9H22N6. The molecule has 0 saturated heterocycles. The maximum atomic E-state index is 6.87. The van der Waals surface area contributed by atoms with Gasteiger partial charge in [-0.15, -0.1) is 0 Å². The van der Waals surface area contributed by atoms with Crippen LogP contribution in [0.2, 0.25) is 0 Å². The number of nitrogens with two attached hydrogens (primary N) is 2. The fraction of sp³-hybridized carbons (Fsp3) is 0.778. The summed E-state index contributed by atoms with van der Waals surface area (Å²) in [5.41, 5.74) is 15.4. The van der Waals surface area contributed by atoms with Gasteiger partial charge in [0.05, 0.1) is 0 Å². The van der Waals surface area contributed by atoms with Gasteiger partial charge in [0.15, 0.2) is 0 Å². The Morgan fingerprint density at radius 1 is 1.13 bits per heavy atom. The first-order chi connectivity index (χ1) is 7.16. The van der Waals surface area contributed by atoms with Crippen LogP contribution in [0.1, 0.15) is 39.0 Å². The normalized spacial score (nSPS) is 11.1. The lowest BCUT2D eigenvalue weighted by Gasteiger charge is -2.05. The molecule has 0 heterocycles. The van der Waals surface area contributed by atoms with E-state index in [9.17, 15) is 0 Å². The number of guanidine groups is 2. The summed E-state index contributed by atoms with van der Waals surface area (Å²) in [5, 5.41) is 6.87. The average Bonchev–Trinajstić information content (AvgIpc) is 2.20. The molecule has 0 rings (SSSR count). The highest BCUT2D eigenvalue weighted by molar-refractivity contribution is 5.82. The van der Waals surface area contributed by atoms with Crippen molar-refractivity contribution >= 4 is 11.9 Å². The van der Waals surface area contributed by atoms with E-state index in [0.29, 0.717) is 6.54 Å². The maximum Gasteiger partial charge on any atom is 0.207 e. The molecule has 0 spiro atoms. The highest BCUT2D eigenvalue weighted by Gasteiger charge is 1.91. The van der Waals surface area contributed by atoms with Gasteiger partial charge in [-0.25, -0.2) is 0 Å². The van der Waals surface area contributed by atoms with Gasteiger partial charge in [-0.2, -0.15) is 0 Å². The number of unbranched alkanes of at least 4 members (excludes halogenated alkanes) is 4. The summed E-state index contributed by atoms with van der Waals surface area (Å²) in [6.07, 6.45) is 6.01. The topological polar surface area (TPSA) is 112 Å². The lowest BCUT2D eigenvalue weighted by Crippen LogP contribution is -2.48. The van der Waals surface area contributed by atoms with E-state index in [0.717, 1.165) is 6.42 Å². The summed E-state index contributed by atoms with van der Waals surface area (Å²) in [5.74, 6) is 0.0804. The van der Waals surface area contributed by atoms with Crippen molar-refractivity contribution in [3.63, 3.8) is 0 Å². The first kappa shape index (κ1) is 13.5. The van der Waals surface area contributed by atoms with E-state index in [1.807, 2.05) is 0 Å². The Labute approximate surface area is 91.0 Å². The van der Waals surface area contributed by atoms with Crippen molar-refractivity contribution in [2.75, 3.05) is 6.54 Å². The Morgan fingerprint density at radius 2 is 1.80 bits per heavy atom. The number of rotatable bonds is 6. The fourth-order valence-corrected chi connectivity index (χ4v) is 1.09. The molecule has 7 N–H and O–H groups in total. The maximum absolute atomic E-state index is 6.87. The second kappa shape index (κ2) is 9.11. The summed E-state index contributed by atoms with van der Waals surface area (Å²) >= 11 is 0. The van der Waals surface area contributed by atoms with E-state index in [4.69, 9.17) is 16.9 Å².